The summed E-state index contributed by atoms with van der Waals surface area (Å²) < 4.78 is 8.88. The van der Waals surface area contributed by atoms with E-state index in [9.17, 15) is 0 Å². The number of thiol groups is 3. The Morgan fingerprint density at radius 2 is 0.739 bits per heavy atom. The molecule has 0 saturated heterocycles. The summed E-state index contributed by atoms with van der Waals surface area (Å²) in [5.74, 6) is 0. The second-order valence-electron chi connectivity index (χ2n) is 3.98. The molecule has 0 aliphatic carbocycles. The quantitative estimate of drug-likeness (QED) is 0.147. The van der Waals surface area contributed by atoms with Gasteiger partial charge in [0.2, 0.25) is 0 Å². The Bertz CT molecular complexity index is 220. The first-order valence-electron chi connectivity index (χ1n) is 5.50. The Kier molecular flexibility index (Phi) is 68.0. The fourth-order valence-electron chi connectivity index (χ4n) is 0. The zero-order valence-corrected chi connectivity index (χ0v) is 24.9. The largest absolute Gasteiger partial charge is 2.00 e. The molecule has 0 bridgehead atoms. The normalized spacial score (nSPS) is 8.83. The second kappa shape index (κ2) is 34.0. The molecular weight excluding hydrogens is 468 g/mol. The van der Waals surface area contributed by atoms with Crippen molar-refractivity contribution < 1.29 is 27.8 Å². The number of hydrogen-bond acceptors (Lipinski definition) is 7. The van der Waals surface area contributed by atoms with E-state index in [2.05, 4.69) is 76.5 Å². The molecule has 0 aliphatic heterocycles. The van der Waals surface area contributed by atoms with Crippen LogP contribution in [0, 0.1) is 0 Å². The molecule has 0 aromatic carbocycles. The van der Waals surface area contributed by atoms with Gasteiger partial charge in [-0.3, -0.25) is 0 Å². The number of rotatable bonds is 3. The Labute approximate surface area is 226 Å². The SMILES string of the molecule is CC(C)SS.CC(C)SS.CC(C)SS.O=P(O)(O)O.[H-].[H-].[H-].[H-].[H-].[H-].[Mg+2].[Mg+2].[Mg+2]. The smallest absolute Gasteiger partial charge is 1.00 e. The average Bonchev–Trinajstić information content (AvgIpc) is 2.28. The van der Waals surface area contributed by atoms with Crippen molar-refractivity contribution in [3.05, 3.63) is 0 Å². The van der Waals surface area contributed by atoms with Gasteiger partial charge in [-0.15, -0.1) is 35.0 Å². The second-order valence-corrected chi connectivity index (χ2v) is 10.4. The van der Waals surface area contributed by atoms with Crippen molar-refractivity contribution in [3.8, 4) is 0 Å². The van der Waals surface area contributed by atoms with Crippen LogP contribution < -0.4 is 0 Å². The summed E-state index contributed by atoms with van der Waals surface area (Å²) in [6, 6.07) is 0. The van der Waals surface area contributed by atoms with Crippen LogP contribution in [0.25, 0.3) is 0 Å². The predicted octanol–water partition coefficient (Wildman–Crippen LogP) is 4.52. The van der Waals surface area contributed by atoms with Gasteiger partial charge in [0, 0.05) is 15.7 Å². The van der Waals surface area contributed by atoms with Crippen LogP contribution in [0.5, 0.6) is 0 Å². The van der Waals surface area contributed by atoms with Gasteiger partial charge in [-0.1, -0.05) is 73.9 Å². The van der Waals surface area contributed by atoms with E-state index >= 15 is 0 Å². The Morgan fingerprint density at radius 3 is 0.739 bits per heavy atom. The van der Waals surface area contributed by atoms with Crippen LogP contribution in [-0.4, -0.2) is 99.6 Å². The van der Waals surface area contributed by atoms with Crippen molar-refractivity contribution >= 4 is 144 Å². The third kappa shape index (κ3) is 144. The fourth-order valence-corrected chi connectivity index (χ4v) is 0. The molecule has 0 aromatic heterocycles. The Hall–Kier alpha value is 4.51. The van der Waals surface area contributed by atoms with Crippen molar-refractivity contribution in [1.82, 2.24) is 0 Å². The molecule has 14 heteroatoms. The van der Waals surface area contributed by atoms with E-state index in [4.69, 9.17) is 19.2 Å². The fraction of sp³-hybridized carbons (Fsp3) is 1.00. The molecule has 3 N–H and O–H groups in total. The molecule has 0 atom stereocenters. The standard InChI is InChI=1S/3C3H8S2.3Mg.H3O4P.6H/c3*1-3(2)5-4;;;;1-5(2,3)4;;;;;;/h3*3-4H,1-2H3;;;;(H3,1,2,3,4);;;;;;/q;;;3*+2;;6*-1. The molecule has 140 valence electrons. The maximum atomic E-state index is 8.88. The molecule has 0 fully saturated rings. The van der Waals surface area contributed by atoms with Gasteiger partial charge in [0.15, 0.2) is 0 Å². The van der Waals surface area contributed by atoms with Gasteiger partial charge >= 0.3 is 77.0 Å². The Balaban J connectivity index is -0.00000000970. The van der Waals surface area contributed by atoms with Crippen LogP contribution in [0.4, 0.5) is 0 Å². The molecule has 0 spiro atoms. The van der Waals surface area contributed by atoms with Crippen molar-refractivity contribution in [2.75, 3.05) is 0 Å². The first-order chi connectivity index (χ1) is 8.81. The first-order valence-corrected chi connectivity index (χ1v) is 12.9. The monoisotopic (exact) mass is 500 g/mol. The summed E-state index contributed by atoms with van der Waals surface area (Å²) in [6.07, 6.45) is 0. The van der Waals surface area contributed by atoms with E-state index in [1.807, 2.05) is 0 Å². The third-order valence-corrected chi connectivity index (χ3v) is 5.69. The zero-order chi connectivity index (χ0) is 17.4. The van der Waals surface area contributed by atoms with Gasteiger partial charge < -0.3 is 23.2 Å². The minimum atomic E-state index is -4.64. The molecule has 0 rings (SSSR count). The van der Waals surface area contributed by atoms with Crippen molar-refractivity contribution in [3.63, 3.8) is 0 Å². The zero-order valence-electron chi connectivity index (χ0n) is 20.6. The van der Waals surface area contributed by atoms with Crippen molar-refractivity contribution in [2.24, 2.45) is 0 Å². The van der Waals surface area contributed by atoms with Crippen LogP contribution in [-0.2, 0) is 4.57 Å². The summed E-state index contributed by atoms with van der Waals surface area (Å²) in [6.45, 7) is 12.7. The summed E-state index contributed by atoms with van der Waals surface area (Å²) in [7, 11) is 0.0833. The van der Waals surface area contributed by atoms with Gasteiger partial charge in [-0.25, -0.2) is 4.57 Å². The van der Waals surface area contributed by atoms with Crippen LogP contribution in [0.15, 0.2) is 0 Å². The maximum absolute atomic E-state index is 8.88. The minimum absolute atomic E-state index is 0. The maximum Gasteiger partial charge on any atom is 2.00 e. The van der Waals surface area contributed by atoms with E-state index in [1.54, 1.807) is 32.4 Å². The van der Waals surface area contributed by atoms with Crippen LogP contribution in [0.1, 0.15) is 50.1 Å². The molecule has 0 radical (unpaired) electrons. The Morgan fingerprint density at radius 1 is 0.696 bits per heavy atom. The molecular formula is C9H33Mg3O4PS6. The minimum Gasteiger partial charge on any atom is -1.00 e. The first kappa shape index (κ1) is 46.0. The van der Waals surface area contributed by atoms with E-state index in [-0.39, 0.29) is 77.7 Å². The average molecular weight is 502 g/mol. The predicted molar refractivity (Wildman–Crippen MR) is 133 cm³/mol. The molecule has 23 heavy (non-hydrogen) atoms. The van der Waals surface area contributed by atoms with Crippen molar-refractivity contribution in [1.29, 1.82) is 0 Å². The summed E-state index contributed by atoms with van der Waals surface area (Å²) >= 11 is 11.8. The molecule has 0 aromatic rings. The number of phosphoric acid groups is 1. The van der Waals surface area contributed by atoms with Gasteiger partial charge in [0.25, 0.3) is 0 Å². The van der Waals surface area contributed by atoms with E-state index < -0.39 is 7.82 Å². The molecule has 0 unspecified atom stereocenters. The van der Waals surface area contributed by atoms with E-state index in [0.29, 0.717) is 15.7 Å². The van der Waals surface area contributed by atoms with Crippen LogP contribution in [0.3, 0.4) is 0 Å². The molecule has 0 aliphatic rings. The van der Waals surface area contributed by atoms with E-state index in [1.165, 1.54) is 0 Å². The third-order valence-electron chi connectivity index (χ3n) is 0.632. The topological polar surface area (TPSA) is 77.8 Å². The van der Waals surface area contributed by atoms with Gasteiger partial charge in [-0.05, 0) is 0 Å². The molecule has 4 nitrogen and oxygen atoms in total. The van der Waals surface area contributed by atoms with Gasteiger partial charge in [0.1, 0.15) is 0 Å². The van der Waals surface area contributed by atoms with E-state index in [0.717, 1.165) is 0 Å². The number of hydrogen-bond donors (Lipinski definition) is 6. The summed E-state index contributed by atoms with van der Waals surface area (Å²) in [5.41, 5.74) is 0. The molecule has 0 saturated carbocycles. The van der Waals surface area contributed by atoms with Gasteiger partial charge in [0.05, 0.1) is 0 Å². The summed E-state index contributed by atoms with van der Waals surface area (Å²) in [4.78, 5) is 21.6. The van der Waals surface area contributed by atoms with Crippen LogP contribution >= 0.6 is 75.2 Å². The molecule has 0 amide bonds. The summed E-state index contributed by atoms with van der Waals surface area (Å²) in [5, 5.41) is 2.00. The van der Waals surface area contributed by atoms with Gasteiger partial charge in [-0.2, -0.15) is 0 Å². The van der Waals surface area contributed by atoms with Crippen LogP contribution in [0.2, 0.25) is 0 Å². The van der Waals surface area contributed by atoms with Crippen molar-refractivity contribution in [2.45, 2.75) is 57.3 Å². The molecule has 0 heterocycles.